The number of aryl methyl sites for hydroxylation is 1. The number of anilines is 1. The van der Waals surface area contributed by atoms with Crippen molar-refractivity contribution in [3.05, 3.63) is 28.2 Å². The summed E-state index contributed by atoms with van der Waals surface area (Å²) in [5, 5.41) is 3.13. The number of nitrogens with two attached hydrogens (primary N) is 1. The molecule has 1 aliphatic rings. The Kier molecular flexibility index (Phi) is 2.46. The average molecular weight is 255 g/mol. The van der Waals surface area contributed by atoms with E-state index in [-0.39, 0.29) is 11.9 Å². The van der Waals surface area contributed by atoms with Gasteiger partial charge in [-0.05, 0) is 30.5 Å². The first kappa shape index (κ1) is 9.52. The Bertz CT molecular complexity index is 378. The molecule has 2 rings (SSSR count). The van der Waals surface area contributed by atoms with Gasteiger partial charge in [-0.3, -0.25) is 4.79 Å². The van der Waals surface area contributed by atoms with Gasteiger partial charge in [0.2, 0.25) is 5.91 Å². The second-order valence-corrected chi connectivity index (χ2v) is 4.36. The third kappa shape index (κ3) is 1.75. The Morgan fingerprint density at radius 3 is 3.07 bits per heavy atom. The summed E-state index contributed by atoms with van der Waals surface area (Å²) in [6.45, 7) is 0. The molecular formula is C10H11BrN2O. The van der Waals surface area contributed by atoms with E-state index < -0.39 is 0 Å². The summed E-state index contributed by atoms with van der Waals surface area (Å²) in [5.41, 5.74) is 7.50. The molecule has 0 saturated carbocycles. The van der Waals surface area contributed by atoms with Crippen molar-refractivity contribution >= 4 is 27.5 Å². The number of rotatable bonds is 1. The van der Waals surface area contributed by atoms with Crippen LogP contribution in [-0.4, -0.2) is 11.9 Å². The zero-order valence-corrected chi connectivity index (χ0v) is 9.17. The van der Waals surface area contributed by atoms with Crippen LogP contribution in [0.25, 0.3) is 0 Å². The minimum Gasteiger partial charge on any atom is -0.373 e. The van der Waals surface area contributed by atoms with Gasteiger partial charge in [0.05, 0.1) is 0 Å². The van der Waals surface area contributed by atoms with Gasteiger partial charge in [-0.1, -0.05) is 22.0 Å². The first-order valence-corrected chi connectivity index (χ1v) is 5.30. The minimum atomic E-state index is -0.282. The molecular weight excluding hydrogens is 244 g/mol. The van der Waals surface area contributed by atoms with E-state index in [0.717, 1.165) is 23.0 Å². The molecule has 0 spiro atoms. The lowest BCUT2D eigenvalue weighted by Gasteiger charge is -2.24. The molecule has 1 unspecified atom stereocenters. The number of carbonyl (C=O) groups excluding carboxylic acids is 1. The highest BCUT2D eigenvalue weighted by Crippen LogP contribution is 2.27. The molecule has 4 heteroatoms. The van der Waals surface area contributed by atoms with Gasteiger partial charge in [0.15, 0.2) is 0 Å². The van der Waals surface area contributed by atoms with Crippen LogP contribution in [0.5, 0.6) is 0 Å². The summed E-state index contributed by atoms with van der Waals surface area (Å²) in [5.74, 6) is -0.282. The predicted octanol–water partition coefficient (Wildman–Crippen LogP) is 1.66. The molecule has 74 valence electrons. The number of halogens is 1. The fraction of sp³-hybridized carbons (Fsp3) is 0.300. The van der Waals surface area contributed by atoms with Crippen molar-refractivity contribution in [2.45, 2.75) is 18.9 Å². The first-order chi connectivity index (χ1) is 6.66. The van der Waals surface area contributed by atoms with E-state index >= 15 is 0 Å². The summed E-state index contributed by atoms with van der Waals surface area (Å²) < 4.78 is 1.01. The molecule has 1 aromatic rings. The zero-order valence-electron chi connectivity index (χ0n) is 7.59. The standard InChI is InChI=1S/C10H11BrN2O/c11-7-3-1-6-2-4-8(10(12)14)13-9(6)5-7/h1,3,5,8,13H,2,4H2,(H2,12,14). The van der Waals surface area contributed by atoms with Crippen molar-refractivity contribution in [3.63, 3.8) is 0 Å². The molecule has 0 fully saturated rings. The van der Waals surface area contributed by atoms with Crippen molar-refractivity contribution in [1.29, 1.82) is 0 Å². The fourth-order valence-electron chi connectivity index (χ4n) is 1.67. The van der Waals surface area contributed by atoms with Gasteiger partial charge >= 0.3 is 0 Å². The van der Waals surface area contributed by atoms with Crippen LogP contribution in [0.4, 0.5) is 5.69 Å². The number of hydrogen-bond acceptors (Lipinski definition) is 2. The minimum absolute atomic E-state index is 0.225. The lowest BCUT2D eigenvalue weighted by Crippen LogP contribution is -2.38. The molecule has 1 aliphatic heterocycles. The van der Waals surface area contributed by atoms with E-state index in [1.54, 1.807) is 0 Å². The van der Waals surface area contributed by atoms with Gasteiger partial charge in [0.25, 0.3) is 0 Å². The maximum atomic E-state index is 11.0. The highest BCUT2D eigenvalue weighted by Gasteiger charge is 2.21. The normalized spacial score (nSPS) is 19.6. The number of benzene rings is 1. The molecule has 1 amide bonds. The van der Waals surface area contributed by atoms with Crippen LogP contribution in [0.15, 0.2) is 22.7 Å². The highest BCUT2D eigenvalue weighted by molar-refractivity contribution is 9.10. The number of fused-ring (bicyclic) bond motifs is 1. The van der Waals surface area contributed by atoms with Gasteiger partial charge in [0.1, 0.15) is 6.04 Å². The smallest absolute Gasteiger partial charge is 0.239 e. The molecule has 0 saturated heterocycles. The molecule has 0 aromatic heterocycles. The average Bonchev–Trinajstić information content (AvgIpc) is 2.16. The first-order valence-electron chi connectivity index (χ1n) is 4.51. The van der Waals surface area contributed by atoms with E-state index in [1.807, 2.05) is 12.1 Å². The zero-order chi connectivity index (χ0) is 10.1. The van der Waals surface area contributed by atoms with E-state index in [4.69, 9.17) is 5.73 Å². The van der Waals surface area contributed by atoms with Crippen molar-refractivity contribution < 1.29 is 4.79 Å². The second-order valence-electron chi connectivity index (χ2n) is 3.44. The molecule has 0 aliphatic carbocycles. The molecule has 0 radical (unpaired) electrons. The summed E-state index contributed by atoms with van der Waals surface area (Å²) in [6, 6.07) is 5.82. The van der Waals surface area contributed by atoms with Crippen molar-refractivity contribution in [2.24, 2.45) is 5.73 Å². The predicted molar refractivity (Wildman–Crippen MR) is 59.1 cm³/mol. The number of carbonyl (C=O) groups is 1. The lowest BCUT2D eigenvalue weighted by molar-refractivity contribution is -0.118. The SMILES string of the molecule is NC(=O)C1CCc2ccc(Br)cc2N1. The molecule has 1 heterocycles. The number of primary amides is 1. The number of nitrogens with one attached hydrogen (secondary N) is 1. The Balaban J connectivity index is 2.29. The second kappa shape index (κ2) is 3.61. The van der Waals surface area contributed by atoms with Gasteiger partial charge in [-0.15, -0.1) is 0 Å². The van der Waals surface area contributed by atoms with Gasteiger partial charge in [0, 0.05) is 10.2 Å². The molecule has 0 bridgehead atoms. The van der Waals surface area contributed by atoms with Crippen LogP contribution in [0.3, 0.4) is 0 Å². The van der Waals surface area contributed by atoms with Crippen LogP contribution in [-0.2, 0) is 11.2 Å². The van der Waals surface area contributed by atoms with Gasteiger partial charge in [-0.25, -0.2) is 0 Å². The van der Waals surface area contributed by atoms with E-state index in [2.05, 4.69) is 27.3 Å². The molecule has 1 atom stereocenters. The Morgan fingerprint density at radius 1 is 1.57 bits per heavy atom. The third-order valence-corrected chi connectivity index (χ3v) is 2.94. The van der Waals surface area contributed by atoms with Gasteiger partial charge < -0.3 is 11.1 Å². The summed E-state index contributed by atoms with van der Waals surface area (Å²) >= 11 is 3.39. The molecule has 3 nitrogen and oxygen atoms in total. The third-order valence-electron chi connectivity index (χ3n) is 2.45. The Hall–Kier alpha value is -1.03. The van der Waals surface area contributed by atoms with Crippen molar-refractivity contribution in [3.8, 4) is 0 Å². The fourth-order valence-corrected chi connectivity index (χ4v) is 2.04. The summed E-state index contributed by atoms with van der Waals surface area (Å²) in [6.07, 6.45) is 1.69. The van der Waals surface area contributed by atoms with Gasteiger partial charge in [-0.2, -0.15) is 0 Å². The summed E-state index contributed by atoms with van der Waals surface area (Å²) in [4.78, 5) is 11.0. The lowest BCUT2D eigenvalue weighted by atomic mass is 9.98. The molecule has 14 heavy (non-hydrogen) atoms. The van der Waals surface area contributed by atoms with Crippen LogP contribution in [0.1, 0.15) is 12.0 Å². The molecule has 3 N–H and O–H groups in total. The maximum absolute atomic E-state index is 11.0. The Labute approximate surface area is 90.8 Å². The number of amides is 1. The van der Waals surface area contributed by atoms with Crippen LogP contribution < -0.4 is 11.1 Å². The van der Waals surface area contributed by atoms with Crippen molar-refractivity contribution in [1.82, 2.24) is 0 Å². The quantitative estimate of drug-likeness (QED) is 0.801. The monoisotopic (exact) mass is 254 g/mol. The van der Waals surface area contributed by atoms with Crippen molar-refractivity contribution in [2.75, 3.05) is 5.32 Å². The highest BCUT2D eigenvalue weighted by atomic mass is 79.9. The maximum Gasteiger partial charge on any atom is 0.239 e. The number of hydrogen-bond donors (Lipinski definition) is 2. The van der Waals surface area contributed by atoms with E-state index in [9.17, 15) is 4.79 Å². The van der Waals surface area contributed by atoms with E-state index in [0.29, 0.717) is 0 Å². The summed E-state index contributed by atoms with van der Waals surface area (Å²) in [7, 11) is 0. The Morgan fingerprint density at radius 2 is 2.36 bits per heavy atom. The topological polar surface area (TPSA) is 55.1 Å². The van der Waals surface area contributed by atoms with Crippen LogP contribution in [0.2, 0.25) is 0 Å². The van der Waals surface area contributed by atoms with Crippen LogP contribution >= 0.6 is 15.9 Å². The molecule has 1 aromatic carbocycles. The van der Waals surface area contributed by atoms with E-state index in [1.165, 1.54) is 5.56 Å². The van der Waals surface area contributed by atoms with Crippen LogP contribution in [0, 0.1) is 0 Å². The largest absolute Gasteiger partial charge is 0.373 e.